The monoisotopic (exact) mass is 302 g/mol. The normalized spacial score (nSPS) is 17.5. The van der Waals surface area contributed by atoms with E-state index >= 15 is 0 Å². The highest BCUT2D eigenvalue weighted by molar-refractivity contribution is 5.65. The molecular weight excluding hydrogens is 281 g/mol. The lowest BCUT2D eigenvalue weighted by Gasteiger charge is -2.20. The highest BCUT2D eigenvalue weighted by Crippen LogP contribution is 2.30. The van der Waals surface area contributed by atoms with Gasteiger partial charge in [0, 0.05) is 13.1 Å². The fourth-order valence-corrected chi connectivity index (χ4v) is 2.48. The van der Waals surface area contributed by atoms with Gasteiger partial charge in [0.2, 0.25) is 0 Å². The van der Waals surface area contributed by atoms with Crippen LogP contribution < -0.4 is 11.1 Å². The zero-order valence-electron chi connectivity index (χ0n) is 11.9. The maximum absolute atomic E-state index is 12.6. The highest BCUT2D eigenvalue weighted by atomic mass is 19.4. The first-order valence-electron chi connectivity index (χ1n) is 7.26. The Morgan fingerprint density at radius 2 is 1.86 bits per heavy atom. The maximum atomic E-state index is 12.6. The Hall–Kier alpha value is -1.50. The molecule has 118 valence electrons. The first-order chi connectivity index (χ1) is 9.97. The molecule has 0 saturated carbocycles. The van der Waals surface area contributed by atoms with Crippen molar-refractivity contribution in [2.24, 2.45) is 0 Å². The van der Waals surface area contributed by atoms with Crippen LogP contribution in [0.2, 0.25) is 0 Å². The van der Waals surface area contributed by atoms with Gasteiger partial charge in [0.15, 0.2) is 0 Å². The van der Waals surface area contributed by atoms with Crippen LogP contribution in [0.25, 0.3) is 0 Å². The number of nitrogens with zero attached hydrogens (tertiary/aromatic N) is 2. The number of halogens is 3. The third-order valence-corrected chi connectivity index (χ3v) is 3.67. The average Bonchev–Trinajstić information content (AvgIpc) is 2.68. The summed E-state index contributed by atoms with van der Waals surface area (Å²) in [5, 5.41) is 2.99. The number of hydrogen-bond acceptors (Lipinski definition) is 4. The number of nitrogen functional groups attached to an aromatic ring is 1. The van der Waals surface area contributed by atoms with Crippen LogP contribution in [0.3, 0.4) is 0 Å². The summed E-state index contributed by atoms with van der Waals surface area (Å²) in [4.78, 5) is 5.66. The van der Waals surface area contributed by atoms with E-state index in [0.717, 1.165) is 31.9 Å². The van der Waals surface area contributed by atoms with E-state index in [2.05, 4.69) is 15.2 Å². The van der Waals surface area contributed by atoms with E-state index in [1.807, 2.05) is 0 Å². The summed E-state index contributed by atoms with van der Waals surface area (Å²) in [7, 11) is 0. The molecule has 4 nitrogen and oxygen atoms in total. The van der Waals surface area contributed by atoms with Crippen molar-refractivity contribution >= 4 is 11.4 Å². The summed E-state index contributed by atoms with van der Waals surface area (Å²) in [6, 6.07) is 0.970. The van der Waals surface area contributed by atoms with Crippen LogP contribution in [0, 0.1) is 0 Å². The lowest BCUT2D eigenvalue weighted by molar-refractivity contribution is -0.141. The highest BCUT2D eigenvalue weighted by Gasteiger charge is 2.32. The van der Waals surface area contributed by atoms with Gasteiger partial charge in [0.1, 0.15) is 5.69 Å². The first-order valence-corrected chi connectivity index (χ1v) is 7.26. The van der Waals surface area contributed by atoms with Gasteiger partial charge in [-0.25, -0.2) is 4.98 Å². The molecule has 0 radical (unpaired) electrons. The van der Waals surface area contributed by atoms with Crippen molar-refractivity contribution in [2.75, 3.05) is 37.2 Å². The van der Waals surface area contributed by atoms with Gasteiger partial charge in [0.05, 0.1) is 17.6 Å². The van der Waals surface area contributed by atoms with Gasteiger partial charge in [-0.15, -0.1) is 0 Å². The number of nitrogens with one attached hydrogen (secondary N) is 1. The standard InChI is InChI=1S/C14H21F3N4/c15-14(16,17)13-9-12(11(18)10-20-13)19-5-8-21-6-3-1-2-4-7-21/h9-10H,1-8,18H2,(H,19,20). The zero-order chi connectivity index (χ0) is 15.3. The molecule has 7 heteroatoms. The minimum absolute atomic E-state index is 0.235. The quantitative estimate of drug-likeness (QED) is 0.898. The van der Waals surface area contributed by atoms with E-state index in [-0.39, 0.29) is 5.69 Å². The van der Waals surface area contributed by atoms with Crippen molar-refractivity contribution in [2.45, 2.75) is 31.9 Å². The van der Waals surface area contributed by atoms with Crippen molar-refractivity contribution in [3.63, 3.8) is 0 Å². The molecule has 0 aromatic carbocycles. The second kappa shape index (κ2) is 6.98. The van der Waals surface area contributed by atoms with Gasteiger partial charge < -0.3 is 16.0 Å². The van der Waals surface area contributed by atoms with Crippen LogP contribution in [0.5, 0.6) is 0 Å². The molecule has 2 rings (SSSR count). The molecule has 1 aromatic rings. The van der Waals surface area contributed by atoms with E-state index in [9.17, 15) is 13.2 Å². The molecule has 0 spiro atoms. The van der Waals surface area contributed by atoms with Crippen molar-refractivity contribution in [3.05, 3.63) is 18.0 Å². The smallest absolute Gasteiger partial charge is 0.396 e. The number of likely N-dealkylation sites (tertiary alicyclic amines) is 1. The minimum atomic E-state index is -4.45. The molecule has 0 atom stereocenters. The molecule has 1 fully saturated rings. The zero-order valence-corrected chi connectivity index (χ0v) is 11.9. The minimum Gasteiger partial charge on any atom is -0.396 e. The van der Waals surface area contributed by atoms with Crippen LogP contribution in [-0.4, -0.2) is 36.1 Å². The Bertz CT molecular complexity index is 454. The van der Waals surface area contributed by atoms with Gasteiger partial charge >= 0.3 is 6.18 Å². The van der Waals surface area contributed by atoms with Gasteiger partial charge in [-0.2, -0.15) is 13.2 Å². The van der Waals surface area contributed by atoms with Gasteiger partial charge in [-0.1, -0.05) is 12.8 Å². The topological polar surface area (TPSA) is 54.2 Å². The number of hydrogen-bond donors (Lipinski definition) is 2. The molecule has 1 aliphatic rings. The summed E-state index contributed by atoms with van der Waals surface area (Å²) in [5.41, 5.74) is 5.28. The van der Waals surface area contributed by atoms with Crippen LogP contribution in [0.15, 0.2) is 12.3 Å². The lowest BCUT2D eigenvalue weighted by Crippen LogP contribution is -2.30. The summed E-state index contributed by atoms with van der Waals surface area (Å²) < 4.78 is 37.9. The first kappa shape index (κ1) is 15.9. The molecule has 2 heterocycles. The van der Waals surface area contributed by atoms with Crippen molar-refractivity contribution in [1.82, 2.24) is 9.88 Å². The summed E-state index contributed by atoms with van der Waals surface area (Å²) in [6.07, 6.45) is 1.50. The SMILES string of the molecule is Nc1cnc(C(F)(F)F)cc1NCCN1CCCCCC1. The molecule has 1 saturated heterocycles. The lowest BCUT2D eigenvalue weighted by atomic mass is 10.2. The second-order valence-electron chi connectivity index (χ2n) is 5.34. The van der Waals surface area contributed by atoms with Crippen LogP contribution in [0.1, 0.15) is 31.4 Å². The average molecular weight is 302 g/mol. The molecule has 21 heavy (non-hydrogen) atoms. The maximum Gasteiger partial charge on any atom is 0.433 e. The fraction of sp³-hybridized carbons (Fsp3) is 0.643. The van der Waals surface area contributed by atoms with Crippen LogP contribution in [0.4, 0.5) is 24.5 Å². The van der Waals surface area contributed by atoms with Gasteiger partial charge in [0.25, 0.3) is 0 Å². The van der Waals surface area contributed by atoms with E-state index in [1.165, 1.54) is 25.7 Å². The van der Waals surface area contributed by atoms with Gasteiger partial charge in [-0.3, -0.25) is 0 Å². The Balaban J connectivity index is 1.90. The Morgan fingerprint density at radius 1 is 1.19 bits per heavy atom. The Morgan fingerprint density at radius 3 is 2.48 bits per heavy atom. The number of rotatable bonds is 4. The Kier molecular flexibility index (Phi) is 5.27. The second-order valence-corrected chi connectivity index (χ2v) is 5.34. The third-order valence-electron chi connectivity index (χ3n) is 3.67. The summed E-state index contributed by atoms with van der Waals surface area (Å²) >= 11 is 0. The van der Waals surface area contributed by atoms with Crippen LogP contribution >= 0.6 is 0 Å². The number of anilines is 2. The van der Waals surface area contributed by atoms with Crippen molar-refractivity contribution < 1.29 is 13.2 Å². The molecule has 0 amide bonds. The molecule has 0 unspecified atom stereocenters. The number of alkyl halides is 3. The Labute approximate surface area is 122 Å². The summed E-state index contributed by atoms with van der Waals surface area (Å²) in [5.74, 6) is 0. The van der Waals surface area contributed by atoms with E-state index in [4.69, 9.17) is 5.73 Å². The van der Waals surface area contributed by atoms with E-state index in [1.54, 1.807) is 0 Å². The molecular formula is C14H21F3N4. The fourth-order valence-electron chi connectivity index (χ4n) is 2.48. The van der Waals surface area contributed by atoms with Gasteiger partial charge in [-0.05, 0) is 32.0 Å². The van der Waals surface area contributed by atoms with Crippen LogP contribution in [-0.2, 0) is 6.18 Å². The largest absolute Gasteiger partial charge is 0.433 e. The molecule has 0 bridgehead atoms. The summed E-state index contributed by atoms with van der Waals surface area (Å²) in [6.45, 7) is 3.50. The number of aromatic nitrogens is 1. The molecule has 1 aromatic heterocycles. The predicted molar refractivity (Wildman–Crippen MR) is 77.0 cm³/mol. The number of nitrogens with two attached hydrogens (primary N) is 1. The molecule has 1 aliphatic heterocycles. The van der Waals surface area contributed by atoms with Crippen molar-refractivity contribution in [3.8, 4) is 0 Å². The van der Waals surface area contributed by atoms with E-state index < -0.39 is 11.9 Å². The van der Waals surface area contributed by atoms with Crippen molar-refractivity contribution in [1.29, 1.82) is 0 Å². The number of pyridine rings is 1. The van der Waals surface area contributed by atoms with E-state index in [0.29, 0.717) is 12.2 Å². The molecule has 3 N–H and O–H groups in total. The molecule has 0 aliphatic carbocycles. The third kappa shape index (κ3) is 4.77. The predicted octanol–water partition coefficient (Wildman–Crippen LogP) is 2.97.